The first kappa shape index (κ1) is 52.1. The number of ether oxygens (including phenoxy) is 2. The fourth-order valence-electron chi connectivity index (χ4n) is 6.82. The van der Waals surface area contributed by atoms with Crippen molar-refractivity contribution in [3.63, 3.8) is 0 Å². The molecule has 2 aliphatic heterocycles. The standard InChI is InChI=1S/C27H24ClFN4O7.C16H22ClFN4O2.C2H6/c28-23-11-6-19(13-24(23)29)30-25(34)18-12-20(31-26(35)39-16-17-4-2-1-3-5-17)15-32(14-18)27(36)40-22-9-7-21(8-10-22)33(37)38;1-2-5-20-16(24)22-8-10(6-11(19)9-22)15(23)21-12-3-4-13(17)14(18)7-12;1-2/h1-11,13,18,20H,12,14-16H2,(H,30,34)(H,31,35);3-4,7,10-11H,2,5-6,8-9,19H2,1H3,(H,20,24)(H,21,23);1-2H3/p+1/t18-,20+;10-,11+;/m00./s1. The molecule has 66 heavy (non-hydrogen) atoms. The number of nitrogens with zero attached hydrogens (tertiary/aromatic N) is 3. The third-order valence-electron chi connectivity index (χ3n) is 9.96. The van der Waals surface area contributed by atoms with E-state index in [0.29, 0.717) is 31.7 Å². The zero-order valence-corrected chi connectivity index (χ0v) is 38.1. The summed E-state index contributed by atoms with van der Waals surface area (Å²) >= 11 is 11.3. The fourth-order valence-corrected chi connectivity index (χ4v) is 7.05. The predicted molar refractivity (Wildman–Crippen MR) is 244 cm³/mol. The van der Waals surface area contributed by atoms with Crippen LogP contribution in [-0.2, 0) is 20.9 Å². The molecule has 6 rings (SSSR count). The molecule has 4 aromatic carbocycles. The minimum atomic E-state index is -0.826. The van der Waals surface area contributed by atoms with Crippen molar-refractivity contribution in [1.82, 2.24) is 20.4 Å². The summed E-state index contributed by atoms with van der Waals surface area (Å²) in [5.41, 5.74) is 5.12. The molecule has 0 saturated carbocycles. The van der Waals surface area contributed by atoms with E-state index in [9.17, 15) is 42.9 Å². The Bertz CT molecular complexity index is 2300. The average Bonchev–Trinajstić information content (AvgIpc) is 3.31. The fraction of sp³-hybridized carbons (Fsp3) is 0.356. The van der Waals surface area contributed by atoms with Crippen molar-refractivity contribution in [2.45, 2.75) is 58.7 Å². The van der Waals surface area contributed by atoms with Crippen LogP contribution in [0.4, 0.5) is 40.2 Å². The maximum absolute atomic E-state index is 13.9. The van der Waals surface area contributed by atoms with E-state index in [0.717, 1.165) is 18.1 Å². The minimum Gasteiger partial charge on any atom is -0.445 e. The Morgan fingerprint density at radius 3 is 1.89 bits per heavy atom. The van der Waals surface area contributed by atoms with Gasteiger partial charge in [0, 0.05) is 56.1 Å². The summed E-state index contributed by atoms with van der Waals surface area (Å²) in [6.45, 7) is 7.38. The van der Waals surface area contributed by atoms with Gasteiger partial charge >= 0.3 is 18.2 Å². The van der Waals surface area contributed by atoms with Crippen LogP contribution in [0.15, 0.2) is 91.0 Å². The van der Waals surface area contributed by atoms with Gasteiger partial charge in [-0.15, -0.1) is 0 Å². The molecular formula is C45H53Cl2F2N8O9+. The van der Waals surface area contributed by atoms with E-state index in [1.165, 1.54) is 53.4 Å². The highest BCUT2D eigenvalue weighted by Crippen LogP contribution is 2.25. The van der Waals surface area contributed by atoms with E-state index < -0.39 is 46.6 Å². The number of non-ortho nitro benzene ring substituents is 1. The summed E-state index contributed by atoms with van der Waals surface area (Å²) < 4.78 is 38.0. The molecule has 354 valence electrons. The van der Waals surface area contributed by atoms with Gasteiger partial charge in [-0.3, -0.25) is 19.7 Å². The topological polar surface area (TPSA) is 229 Å². The molecule has 6 amide bonds. The summed E-state index contributed by atoms with van der Waals surface area (Å²) in [7, 11) is 0. The number of likely N-dealkylation sites (tertiary alicyclic amines) is 2. The predicted octanol–water partition coefficient (Wildman–Crippen LogP) is 7.64. The van der Waals surface area contributed by atoms with Crippen molar-refractivity contribution >= 4 is 70.3 Å². The molecule has 17 nitrogen and oxygen atoms in total. The molecule has 2 heterocycles. The maximum Gasteiger partial charge on any atom is 0.415 e. The number of carbonyl (C=O) groups excluding carboxylic acids is 5. The zero-order valence-electron chi connectivity index (χ0n) is 36.6. The van der Waals surface area contributed by atoms with Crippen LogP contribution in [0.2, 0.25) is 10.0 Å². The highest BCUT2D eigenvalue weighted by molar-refractivity contribution is 6.31. The third kappa shape index (κ3) is 16.1. The van der Waals surface area contributed by atoms with Crippen LogP contribution in [-0.4, -0.2) is 89.6 Å². The molecule has 0 radical (unpaired) electrons. The molecule has 2 fully saturated rings. The number of hydrogen-bond donors (Lipinski definition) is 5. The van der Waals surface area contributed by atoms with E-state index in [1.54, 1.807) is 23.1 Å². The van der Waals surface area contributed by atoms with Crippen LogP contribution in [0.5, 0.6) is 5.75 Å². The number of benzene rings is 4. The second kappa shape index (κ2) is 25.8. The number of carbonyl (C=O) groups is 5. The average molecular weight is 959 g/mol. The second-order valence-electron chi connectivity index (χ2n) is 15.0. The first-order chi connectivity index (χ1) is 31.6. The summed E-state index contributed by atoms with van der Waals surface area (Å²) in [4.78, 5) is 76.2. The van der Waals surface area contributed by atoms with Gasteiger partial charge in [-0.05, 0) is 66.9 Å². The van der Waals surface area contributed by atoms with Crippen LogP contribution >= 0.6 is 23.2 Å². The van der Waals surface area contributed by atoms with Gasteiger partial charge in [-0.2, -0.15) is 0 Å². The smallest absolute Gasteiger partial charge is 0.415 e. The molecule has 4 atom stereocenters. The lowest BCUT2D eigenvalue weighted by molar-refractivity contribution is -0.427. The first-order valence-electron chi connectivity index (χ1n) is 21.1. The monoisotopic (exact) mass is 957 g/mol. The Balaban J connectivity index is 0.000000313. The molecule has 0 bridgehead atoms. The lowest BCUT2D eigenvalue weighted by Crippen LogP contribution is -2.70. The van der Waals surface area contributed by atoms with Crippen molar-refractivity contribution < 1.29 is 52.9 Å². The third-order valence-corrected chi connectivity index (χ3v) is 10.6. The number of hydrogen-bond acceptors (Lipinski definition) is 9. The van der Waals surface area contributed by atoms with Gasteiger partial charge in [0.25, 0.3) is 5.69 Å². The van der Waals surface area contributed by atoms with Crippen LogP contribution in [0.25, 0.3) is 0 Å². The van der Waals surface area contributed by atoms with Gasteiger partial charge in [0.15, 0.2) is 0 Å². The molecule has 0 aliphatic carbocycles. The Morgan fingerprint density at radius 1 is 0.788 bits per heavy atom. The first-order valence-corrected chi connectivity index (χ1v) is 21.9. The van der Waals surface area contributed by atoms with Crippen molar-refractivity contribution in [2.24, 2.45) is 11.8 Å². The number of nitrogens with one attached hydrogen (secondary N) is 4. The number of quaternary nitrogens is 1. The molecule has 0 aromatic heterocycles. The van der Waals surface area contributed by atoms with Crippen LogP contribution < -0.4 is 31.7 Å². The summed E-state index contributed by atoms with van der Waals surface area (Å²) in [5, 5.41) is 21.5. The number of rotatable bonds is 11. The lowest BCUT2D eigenvalue weighted by Gasteiger charge is -2.36. The van der Waals surface area contributed by atoms with Crippen LogP contribution in [0, 0.1) is 33.6 Å². The van der Waals surface area contributed by atoms with Gasteiger partial charge in [0.1, 0.15) is 30.0 Å². The van der Waals surface area contributed by atoms with Crippen molar-refractivity contribution in [1.29, 1.82) is 0 Å². The van der Waals surface area contributed by atoms with Crippen LogP contribution in [0.1, 0.15) is 45.6 Å². The van der Waals surface area contributed by atoms with E-state index in [4.69, 9.17) is 32.7 Å². The molecule has 0 spiro atoms. The minimum absolute atomic E-state index is 0.00209. The Morgan fingerprint density at radius 2 is 1.35 bits per heavy atom. The Labute approximate surface area is 390 Å². The molecule has 4 aromatic rings. The largest absolute Gasteiger partial charge is 0.445 e. The van der Waals surface area contributed by atoms with Gasteiger partial charge in [0.05, 0.1) is 39.4 Å². The molecule has 2 aliphatic rings. The zero-order chi connectivity index (χ0) is 48.3. The quantitative estimate of drug-likeness (QED) is 0.0734. The number of anilines is 2. The molecule has 0 unspecified atom stereocenters. The molecular weight excluding hydrogens is 905 g/mol. The van der Waals surface area contributed by atoms with Gasteiger partial charge in [-0.25, -0.2) is 23.2 Å². The highest BCUT2D eigenvalue weighted by atomic mass is 35.5. The summed E-state index contributed by atoms with van der Waals surface area (Å²) in [6.07, 6.45) is 0.0226. The van der Waals surface area contributed by atoms with Gasteiger partial charge in [0.2, 0.25) is 11.8 Å². The molecule has 21 heteroatoms. The van der Waals surface area contributed by atoms with Crippen molar-refractivity contribution in [3.8, 4) is 5.75 Å². The van der Waals surface area contributed by atoms with Gasteiger partial charge < -0.3 is 46.3 Å². The number of urea groups is 1. The Kier molecular flexibility index (Phi) is 20.3. The van der Waals surface area contributed by atoms with E-state index in [-0.39, 0.29) is 77.2 Å². The van der Waals surface area contributed by atoms with E-state index in [2.05, 4.69) is 27.0 Å². The van der Waals surface area contributed by atoms with Crippen molar-refractivity contribution in [3.05, 3.63) is 128 Å². The lowest BCUT2D eigenvalue weighted by atomic mass is 9.93. The van der Waals surface area contributed by atoms with Crippen LogP contribution in [0.3, 0.4) is 0 Å². The molecule has 2 saturated heterocycles. The normalized spacial score (nSPS) is 17.6. The number of alkyl carbamates (subject to hydrolysis) is 1. The van der Waals surface area contributed by atoms with Gasteiger partial charge in [-0.1, -0.05) is 74.3 Å². The number of nitro benzene ring substituents is 1. The summed E-state index contributed by atoms with van der Waals surface area (Å²) in [5.74, 6) is -3.20. The highest BCUT2D eigenvalue weighted by Gasteiger charge is 2.37. The maximum atomic E-state index is 13.9. The number of amides is 6. The number of piperidine rings is 2. The second-order valence-corrected chi connectivity index (χ2v) is 15.8. The van der Waals surface area contributed by atoms with E-state index >= 15 is 0 Å². The molecule has 7 N–H and O–H groups in total. The number of halogens is 4. The SMILES string of the molecule is CC.CCCNC(=O)N1C[C@H]([NH3+])C[C@H](C(=O)Nc2ccc(Cl)c(F)c2)C1.O=C(N[C@@H]1C[C@H](C(=O)Nc2ccc(Cl)c(F)c2)CN(C(=O)Oc2ccc([N+](=O)[O-])cc2)C1)OCc1ccccc1. The Hall–Kier alpha value is -6.57. The van der Waals surface area contributed by atoms with E-state index in [1.807, 2.05) is 39.0 Å². The summed E-state index contributed by atoms with van der Waals surface area (Å²) in [6, 6.07) is 21.0. The number of nitro groups is 1. The van der Waals surface area contributed by atoms with Crippen molar-refractivity contribution in [2.75, 3.05) is 43.4 Å².